The van der Waals surface area contributed by atoms with E-state index >= 15 is 0 Å². The van der Waals surface area contributed by atoms with Crippen LogP contribution in [-0.4, -0.2) is 18.4 Å². The van der Waals surface area contributed by atoms with Gasteiger partial charge in [-0.25, -0.2) is 0 Å². The molecule has 1 N–H and O–H groups in total. The molecule has 3 rings (SSSR count). The molecule has 0 aliphatic carbocycles. The molecule has 6 heteroatoms. The van der Waals surface area contributed by atoms with Gasteiger partial charge < -0.3 is 10.2 Å². The number of anilines is 2. The molecule has 1 saturated heterocycles. The van der Waals surface area contributed by atoms with E-state index in [4.69, 9.17) is 23.2 Å². The number of hydrogen-bond donors (Lipinski definition) is 1. The fraction of sp³-hybridized carbons (Fsp3) is 0.222. The number of halogens is 2. The van der Waals surface area contributed by atoms with Crippen molar-refractivity contribution in [2.24, 2.45) is 5.92 Å². The van der Waals surface area contributed by atoms with Crippen LogP contribution in [0.25, 0.3) is 0 Å². The molecule has 0 saturated carbocycles. The first-order valence-electron chi connectivity index (χ1n) is 7.57. The maximum absolute atomic E-state index is 12.5. The lowest BCUT2D eigenvalue weighted by Crippen LogP contribution is -2.28. The summed E-state index contributed by atoms with van der Waals surface area (Å²) in [5.74, 6) is -0.685. The second-order valence-corrected chi connectivity index (χ2v) is 6.70. The Bertz CT molecular complexity index is 807. The van der Waals surface area contributed by atoms with E-state index in [-0.39, 0.29) is 18.2 Å². The van der Waals surface area contributed by atoms with Crippen molar-refractivity contribution in [1.82, 2.24) is 0 Å². The standard InChI is InChI=1S/C18H16Cl2N2O2/c1-11-3-2-4-14(7-11)22-10-12(8-17(22)23)18(24)21-16-6-5-13(19)9-15(16)20/h2-7,9,12H,8,10H2,1H3,(H,21,24). The van der Waals surface area contributed by atoms with Crippen molar-refractivity contribution < 1.29 is 9.59 Å². The Kier molecular flexibility index (Phi) is 4.78. The lowest BCUT2D eigenvalue weighted by Gasteiger charge is -2.17. The zero-order chi connectivity index (χ0) is 17.3. The van der Waals surface area contributed by atoms with Crippen molar-refractivity contribution in [3.8, 4) is 0 Å². The van der Waals surface area contributed by atoms with Gasteiger partial charge in [0.1, 0.15) is 0 Å². The van der Waals surface area contributed by atoms with Gasteiger partial charge in [0.15, 0.2) is 0 Å². The Morgan fingerprint density at radius 2 is 2.00 bits per heavy atom. The molecule has 1 aliphatic rings. The van der Waals surface area contributed by atoms with E-state index in [1.165, 1.54) is 0 Å². The van der Waals surface area contributed by atoms with Gasteiger partial charge in [-0.3, -0.25) is 9.59 Å². The summed E-state index contributed by atoms with van der Waals surface area (Å²) in [5, 5.41) is 3.65. The van der Waals surface area contributed by atoms with E-state index < -0.39 is 5.92 Å². The van der Waals surface area contributed by atoms with Crippen LogP contribution in [0.4, 0.5) is 11.4 Å². The Balaban J connectivity index is 1.72. The smallest absolute Gasteiger partial charge is 0.229 e. The summed E-state index contributed by atoms with van der Waals surface area (Å²) in [4.78, 5) is 26.4. The van der Waals surface area contributed by atoms with Crippen LogP contribution >= 0.6 is 23.2 Å². The van der Waals surface area contributed by atoms with E-state index in [1.54, 1.807) is 23.1 Å². The van der Waals surface area contributed by atoms with Gasteiger partial charge in [-0.15, -0.1) is 0 Å². The van der Waals surface area contributed by atoms with Gasteiger partial charge in [0.2, 0.25) is 11.8 Å². The molecule has 124 valence electrons. The molecule has 2 amide bonds. The third kappa shape index (κ3) is 3.55. The third-order valence-corrected chi connectivity index (χ3v) is 4.55. The van der Waals surface area contributed by atoms with Crippen molar-refractivity contribution in [1.29, 1.82) is 0 Å². The Morgan fingerprint density at radius 1 is 1.21 bits per heavy atom. The van der Waals surface area contributed by atoms with Crippen LogP contribution < -0.4 is 10.2 Å². The summed E-state index contributed by atoms with van der Waals surface area (Å²) in [6.07, 6.45) is 0.186. The monoisotopic (exact) mass is 362 g/mol. The molecule has 1 aliphatic heterocycles. The number of carbonyl (C=O) groups is 2. The summed E-state index contributed by atoms with van der Waals surface area (Å²) >= 11 is 11.9. The summed E-state index contributed by atoms with van der Waals surface area (Å²) in [6.45, 7) is 2.33. The van der Waals surface area contributed by atoms with E-state index in [0.29, 0.717) is 22.3 Å². The topological polar surface area (TPSA) is 49.4 Å². The predicted octanol–water partition coefficient (Wildman–Crippen LogP) is 4.29. The van der Waals surface area contributed by atoms with Crippen molar-refractivity contribution in [2.45, 2.75) is 13.3 Å². The van der Waals surface area contributed by atoms with Gasteiger partial charge in [-0.05, 0) is 42.8 Å². The predicted molar refractivity (Wildman–Crippen MR) is 96.7 cm³/mol. The normalized spacial score (nSPS) is 17.2. The lowest BCUT2D eigenvalue weighted by molar-refractivity contribution is -0.122. The molecular formula is C18H16Cl2N2O2. The molecule has 0 aromatic heterocycles. The first-order valence-corrected chi connectivity index (χ1v) is 8.32. The Hall–Kier alpha value is -2.04. The zero-order valence-electron chi connectivity index (χ0n) is 13.1. The van der Waals surface area contributed by atoms with Crippen LogP contribution in [-0.2, 0) is 9.59 Å². The van der Waals surface area contributed by atoms with Gasteiger partial charge in [-0.2, -0.15) is 0 Å². The van der Waals surface area contributed by atoms with Gasteiger partial charge in [0.05, 0.1) is 16.6 Å². The fourth-order valence-electron chi connectivity index (χ4n) is 2.75. The largest absolute Gasteiger partial charge is 0.324 e. The maximum atomic E-state index is 12.5. The van der Waals surface area contributed by atoms with Gasteiger partial charge in [0, 0.05) is 23.7 Å². The number of nitrogens with zero attached hydrogens (tertiary/aromatic N) is 1. The Labute approximate surface area is 150 Å². The second kappa shape index (κ2) is 6.83. The average molecular weight is 363 g/mol. The number of benzene rings is 2. The summed E-state index contributed by atoms with van der Waals surface area (Å²) in [7, 11) is 0. The molecule has 1 fully saturated rings. The molecule has 1 unspecified atom stereocenters. The van der Waals surface area contributed by atoms with Crippen LogP contribution in [0.15, 0.2) is 42.5 Å². The highest BCUT2D eigenvalue weighted by Crippen LogP contribution is 2.29. The van der Waals surface area contributed by atoms with Gasteiger partial charge >= 0.3 is 0 Å². The quantitative estimate of drug-likeness (QED) is 0.884. The Morgan fingerprint density at radius 3 is 2.71 bits per heavy atom. The molecule has 2 aromatic rings. The minimum absolute atomic E-state index is 0.0528. The van der Waals surface area contributed by atoms with E-state index in [2.05, 4.69) is 5.32 Å². The van der Waals surface area contributed by atoms with Crippen molar-refractivity contribution in [2.75, 3.05) is 16.8 Å². The molecular weight excluding hydrogens is 347 g/mol. The van der Waals surface area contributed by atoms with Crippen molar-refractivity contribution in [3.05, 3.63) is 58.1 Å². The molecule has 0 bridgehead atoms. The van der Waals surface area contributed by atoms with Crippen LogP contribution in [0.2, 0.25) is 10.0 Å². The average Bonchev–Trinajstić information content (AvgIpc) is 2.92. The number of nitrogens with one attached hydrogen (secondary N) is 1. The van der Waals surface area contributed by atoms with Crippen LogP contribution in [0.1, 0.15) is 12.0 Å². The van der Waals surface area contributed by atoms with E-state index in [1.807, 2.05) is 31.2 Å². The van der Waals surface area contributed by atoms with E-state index in [9.17, 15) is 9.59 Å². The molecule has 2 aromatic carbocycles. The van der Waals surface area contributed by atoms with E-state index in [0.717, 1.165) is 11.3 Å². The summed E-state index contributed by atoms with van der Waals surface area (Å²) in [6, 6.07) is 12.6. The molecule has 24 heavy (non-hydrogen) atoms. The summed E-state index contributed by atoms with van der Waals surface area (Å²) < 4.78 is 0. The number of carbonyl (C=O) groups excluding carboxylic acids is 2. The molecule has 0 spiro atoms. The number of amides is 2. The fourth-order valence-corrected chi connectivity index (χ4v) is 3.21. The highest BCUT2D eigenvalue weighted by Gasteiger charge is 2.35. The number of aryl methyl sites for hydroxylation is 1. The lowest BCUT2D eigenvalue weighted by atomic mass is 10.1. The molecule has 4 nitrogen and oxygen atoms in total. The number of rotatable bonds is 3. The third-order valence-electron chi connectivity index (χ3n) is 4.00. The van der Waals surface area contributed by atoms with Crippen LogP contribution in [0, 0.1) is 12.8 Å². The zero-order valence-corrected chi connectivity index (χ0v) is 14.6. The van der Waals surface area contributed by atoms with Gasteiger partial charge in [-0.1, -0.05) is 35.3 Å². The van der Waals surface area contributed by atoms with Crippen LogP contribution in [0.5, 0.6) is 0 Å². The van der Waals surface area contributed by atoms with Crippen molar-refractivity contribution in [3.63, 3.8) is 0 Å². The first-order chi connectivity index (χ1) is 11.4. The molecule has 1 atom stereocenters. The minimum Gasteiger partial charge on any atom is -0.324 e. The second-order valence-electron chi connectivity index (χ2n) is 5.86. The molecule has 1 heterocycles. The van der Waals surface area contributed by atoms with Gasteiger partial charge in [0.25, 0.3) is 0 Å². The van der Waals surface area contributed by atoms with Crippen molar-refractivity contribution >= 4 is 46.4 Å². The summed E-state index contributed by atoms with van der Waals surface area (Å²) in [5.41, 5.74) is 2.38. The SMILES string of the molecule is Cc1cccc(N2CC(C(=O)Nc3ccc(Cl)cc3Cl)CC2=O)c1. The first kappa shape index (κ1) is 16.8. The maximum Gasteiger partial charge on any atom is 0.229 e. The highest BCUT2D eigenvalue weighted by atomic mass is 35.5. The minimum atomic E-state index is -0.412. The highest BCUT2D eigenvalue weighted by molar-refractivity contribution is 6.36. The number of hydrogen-bond acceptors (Lipinski definition) is 2. The van der Waals surface area contributed by atoms with Crippen LogP contribution in [0.3, 0.4) is 0 Å². The molecule has 0 radical (unpaired) electrons.